The lowest BCUT2D eigenvalue weighted by Crippen LogP contribution is -2.16. The molecule has 10 aromatic carbocycles. The molecule has 2 aliphatic carbocycles. The molecule has 2 aliphatic rings. The number of benzene rings is 10. The fraction of sp³-hybridized carbons (Fsp3) is 0.0968. The maximum Gasteiger partial charge on any atom is 0.0547 e. The van der Waals surface area contributed by atoms with E-state index in [2.05, 4.69) is 243 Å². The zero-order chi connectivity index (χ0) is 42.9. The van der Waals surface area contributed by atoms with Gasteiger partial charge in [-0.05, 0) is 139 Å². The van der Waals surface area contributed by atoms with E-state index in [1.54, 1.807) is 0 Å². The van der Waals surface area contributed by atoms with Crippen molar-refractivity contribution in [1.29, 1.82) is 0 Å². The lowest BCUT2D eigenvalue weighted by Gasteiger charge is -2.30. The van der Waals surface area contributed by atoms with Crippen molar-refractivity contribution in [3.8, 4) is 39.1 Å². The standard InChI is InChI=1S/C62H46N2/c1-61(2)54-24-14-12-21-47(54)48-31-29-44(36-56(48)61)63(43-28-26-39-16-8-9-17-40(39)34-43)59-33-32-45(46-20-10-11-22-50(46)59)41-27-30-49-52-38-60-53(37-57(52)62(3,4)55(49)35-41)51-23-13-15-25-58(51)64(60)42-18-6-5-7-19-42/h5-38H,1-4H3. The first-order valence-corrected chi connectivity index (χ1v) is 22.6. The van der Waals surface area contributed by atoms with E-state index in [4.69, 9.17) is 0 Å². The summed E-state index contributed by atoms with van der Waals surface area (Å²) in [5.41, 5.74) is 20.1. The molecule has 0 atom stereocenters. The number of nitrogens with zero attached hydrogens (tertiary/aromatic N) is 2. The third kappa shape index (κ3) is 5.20. The highest BCUT2D eigenvalue weighted by Gasteiger charge is 2.38. The van der Waals surface area contributed by atoms with Crippen molar-refractivity contribution in [2.45, 2.75) is 38.5 Å². The number of hydrogen-bond donors (Lipinski definition) is 0. The zero-order valence-electron chi connectivity index (χ0n) is 36.5. The van der Waals surface area contributed by atoms with Crippen molar-refractivity contribution in [1.82, 2.24) is 4.57 Å². The Morgan fingerprint density at radius 2 is 0.938 bits per heavy atom. The normalized spacial score (nSPS) is 14.2. The molecule has 0 unspecified atom stereocenters. The Morgan fingerprint density at radius 1 is 0.344 bits per heavy atom. The Kier molecular flexibility index (Phi) is 7.74. The molecular weight excluding hydrogens is 773 g/mol. The first-order chi connectivity index (χ1) is 31.3. The highest BCUT2D eigenvalue weighted by atomic mass is 15.1. The van der Waals surface area contributed by atoms with Gasteiger partial charge in [0.05, 0.1) is 16.7 Å². The molecule has 0 amide bonds. The first-order valence-electron chi connectivity index (χ1n) is 22.6. The van der Waals surface area contributed by atoms with Crippen molar-refractivity contribution in [3.05, 3.63) is 229 Å². The zero-order valence-corrected chi connectivity index (χ0v) is 36.5. The summed E-state index contributed by atoms with van der Waals surface area (Å²) in [6.45, 7) is 9.55. The highest BCUT2D eigenvalue weighted by Crippen LogP contribution is 2.54. The number of aromatic nitrogens is 1. The van der Waals surface area contributed by atoms with Gasteiger partial charge < -0.3 is 9.47 Å². The van der Waals surface area contributed by atoms with Crippen molar-refractivity contribution < 1.29 is 0 Å². The molecule has 0 saturated heterocycles. The third-order valence-corrected chi connectivity index (χ3v) is 14.8. The summed E-state index contributed by atoms with van der Waals surface area (Å²) in [5, 5.41) is 7.51. The van der Waals surface area contributed by atoms with Crippen molar-refractivity contribution in [2.75, 3.05) is 4.90 Å². The van der Waals surface area contributed by atoms with Gasteiger partial charge in [-0.25, -0.2) is 0 Å². The number of anilines is 3. The van der Waals surface area contributed by atoms with Gasteiger partial charge in [0.1, 0.15) is 0 Å². The van der Waals surface area contributed by atoms with Crippen molar-refractivity contribution in [2.24, 2.45) is 0 Å². The van der Waals surface area contributed by atoms with E-state index in [-0.39, 0.29) is 10.8 Å². The molecule has 0 bridgehead atoms. The van der Waals surface area contributed by atoms with Crippen LogP contribution in [0.15, 0.2) is 206 Å². The molecular formula is C62H46N2. The molecule has 1 heterocycles. The van der Waals surface area contributed by atoms with Crippen LogP contribution in [0.1, 0.15) is 49.9 Å². The first kappa shape index (κ1) is 36.9. The Morgan fingerprint density at radius 3 is 1.80 bits per heavy atom. The predicted octanol–water partition coefficient (Wildman–Crippen LogP) is 16.8. The largest absolute Gasteiger partial charge is 0.310 e. The average molecular weight is 819 g/mol. The van der Waals surface area contributed by atoms with Gasteiger partial charge >= 0.3 is 0 Å². The number of para-hydroxylation sites is 2. The van der Waals surface area contributed by atoms with Crippen LogP contribution in [0.4, 0.5) is 17.1 Å². The summed E-state index contributed by atoms with van der Waals surface area (Å²) in [6, 6.07) is 77.1. The van der Waals surface area contributed by atoms with E-state index < -0.39 is 0 Å². The van der Waals surface area contributed by atoms with Crippen LogP contribution in [-0.2, 0) is 10.8 Å². The van der Waals surface area contributed by atoms with Crippen LogP contribution in [0, 0.1) is 0 Å². The van der Waals surface area contributed by atoms with E-state index >= 15 is 0 Å². The number of rotatable bonds is 5. The Bertz CT molecular complexity index is 3730. The van der Waals surface area contributed by atoms with Gasteiger partial charge in [0, 0.05) is 44.1 Å². The van der Waals surface area contributed by atoms with Gasteiger partial charge in [-0.15, -0.1) is 0 Å². The highest BCUT2D eigenvalue weighted by molar-refractivity contribution is 6.12. The Labute approximate surface area is 374 Å². The molecule has 13 rings (SSSR count). The lowest BCUT2D eigenvalue weighted by molar-refractivity contribution is 0.660. The molecule has 2 nitrogen and oxygen atoms in total. The molecule has 64 heavy (non-hydrogen) atoms. The molecule has 1 aromatic heterocycles. The van der Waals surface area contributed by atoms with E-state index in [9.17, 15) is 0 Å². The summed E-state index contributed by atoms with van der Waals surface area (Å²) in [7, 11) is 0. The van der Waals surface area contributed by atoms with Crippen LogP contribution in [0.25, 0.3) is 82.4 Å². The predicted molar refractivity (Wildman–Crippen MR) is 271 cm³/mol. The second kappa shape index (κ2) is 13.4. The van der Waals surface area contributed by atoms with Crippen LogP contribution < -0.4 is 4.90 Å². The van der Waals surface area contributed by atoms with Gasteiger partial charge in [-0.2, -0.15) is 0 Å². The van der Waals surface area contributed by atoms with Crippen LogP contribution in [0.3, 0.4) is 0 Å². The average Bonchev–Trinajstić information content (AvgIpc) is 3.87. The summed E-state index contributed by atoms with van der Waals surface area (Å²) in [5.74, 6) is 0. The topological polar surface area (TPSA) is 8.17 Å². The lowest BCUT2D eigenvalue weighted by atomic mass is 9.81. The SMILES string of the molecule is CC1(C)c2ccccc2-c2ccc(N(c3ccc4ccccc4c3)c3ccc(-c4ccc5c(c4)C(C)(C)c4cc6c7ccccc7n(-c7ccccc7)c6cc4-5)c4ccccc34)cc21. The molecule has 0 N–H and O–H groups in total. The molecule has 2 heteroatoms. The molecule has 11 aromatic rings. The van der Waals surface area contributed by atoms with Crippen LogP contribution in [0.2, 0.25) is 0 Å². The minimum absolute atomic E-state index is 0.115. The van der Waals surface area contributed by atoms with E-state index in [0.29, 0.717) is 0 Å². The molecule has 0 saturated carbocycles. The van der Waals surface area contributed by atoms with Crippen LogP contribution in [0.5, 0.6) is 0 Å². The molecule has 0 aliphatic heterocycles. The summed E-state index contributed by atoms with van der Waals surface area (Å²) in [6.07, 6.45) is 0. The van der Waals surface area contributed by atoms with Gasteiger partial charge in [0.25, 0.3) is 0 Å². The number of fused-ring (bicyclic) bond motifs is 11. The summed E-state index contributed by atoms with van der Waals surface area (Å²) >= 11 is 0. The van der Waals surface area contributed by atoms with Crippen molar-refractivity contribution in [3.63, 3.8) is 0 Å². The van der Waals surface area contributed by atoms with E-state index in [0.717, 1.165) is 17.1 Å². The molecule has 0 spiro atoms. The van der Waals surface area contributed by atoms with E-state index in [1.165, 1.54) is 105 Å². The van der Waals surface area contributed by atoms with E-state index in [1.807, 2.05) is 0 Å². The minimum atomic E-state index is -0.186. The second-order valence-corrected chi connectivity index (χ2v) is 18.9. The minimum Gasteiger partial charge on any atom is -0.310 e. The maximum atomic E-state index is 2.48. The van der Waals surface area contributed by atoms with Crippen LogP contribution >= 0.6 is 0 Å². The maximum absolute atomic E-state index is 2.48. The van der Waals surface area contributed by atoms with Gasteiger partial charge in [0.2, 0.25) is 0 Å². The molecule has 0 fully saturated rings. The Balaban J connectivity index is 0.971. The molecule has 0 radical (unpaired) electrons. The van der Waals surface area contributed by atoms with Crippen molar-refractivity contribution >= 4 is 60.4 Å². The fourth-order valence-corrected chi connectivity index (χ4v) is 11.5. The monoisotopic (exact) mass is 818 g/mol. The number of hydrogen-bond acceptors (Lipinski definition) is 1. The molecule has 304 valence electrons. The fourth-order valence-electron chi connectivity index (χ4n) is 11.5. The van der Waals surface area contributed by atoms with Crippen LogP contribution in [-0.4, -0.2) is 4.57 Å². The second-order valence-electron chi connectivity index (χ2n) is 18.9. The third-order valence-electron chi connectivity index (χ3n) is 14.8. The summed E-state index contributed by atoms with van der Waals surface area (Å²) in [4.78, 5) is 2.48. The summed E-state index contributed by atoms with van der Waals surface area (Å²) < 4.78 is 2.43. The van der Waals surface area contributed by atoms with Gasteiger partial charge in [-0.1, -0.05) is 167 Å². The van der Waals surface area contributed by atoms with Gasteiger partial charge in [-0.3, -0.25) is 0 Å². The van der Waals surface area contributed by atoms with Gasteiger partial charge in [0.15, 0.2) is 0 Å². The smallest absolute Gasteiger partial charge is 0.0547 e. The Hall–Kier alpha value is -7.68. The quantitative estimate of drug-likeness (QED) is 0.168.